The summed E-state index contributed by atoms with van der Waals surface area (Å²) < 4.78 is 35.9. The number of carboxylic acids is 1. The lowest BCUT2D eigenvalue weighted by molar-refractivity contribution is -0.148. The van der Waals surface area contributed by atoms with E-state index in [0.29, 0.717) is 13.0 Å². The van der Waals surface area contributed by atoms with E-state index in [2.05, 4.69) is 0 Å². The summed E-state index contributed by atoms with van der Waals surface area (Å²) in [6.07, 6.45) is -2.42. The van der Waals surface area contributed by atoms with Crippen molar-refractivity contribution in [2.24, 2.45) is 5.92 Å². The molecule has 0 bridgehead atoms. The van der Waals surface area contributed by atoms with Gasteiger partial charge in [-0.1, -0.05) is 13.3 Å². The van der Waals surface area contributed by atoms with Gasteiger partial charge >= 0.3 is 12.1 Å². The van der Waals surface area contributed by atoms with Gasteiger partial charge in [0.15, 0.2) is 0 Å². The molecule has 1 amide bonds. The Morgan fingerprint density at radius 2 is 2.05 bits per heavy atom. The third-order valence-corrected chi connectivity index (χ3v) is 3.52. The fourth-order valence-electron chi connectivity index (χ4n) is 2.34. The van der Waals surface area contributed by atoms with E-state index in [4.69, 9.17) is 5.11 Å². The predicted octanol–water partition coefficient (Wildman–Crippen LogP) is 1.24. The van der Waals surface area contributed by atoms with E-state index < -0.39 is 30.6 Å². The van der Waals surface area contributed by atoms with Crippen molar-refractivity contribution >= 4 is 11.9 Å². The Morgan fingerprint density at radius 3 is 2.55 bits per heavy atom. The van der Waals surface area contributed by atoms with Crippen LogP contribution < -0.4 is 5.32 Å². The van der Waals surface area contributed by atoms with Crippen LogP contribution in [0.2, 0.25) is 0 Å². The summed E-state index contributed by atoms with van der Waals surface area (Å²) in [6.45, 7) is 0.669. The molecule has 2 atom stereocenters. The van der Waals surface area contributed by atoms with Crippen LogP contribution in [0.15, 0.2) is 0 Å². The molecule has 1 aliphatic rings. The Balaban J connectivity index is 2.52. The van der Waals surface area contributed by atoms with Crippen LogP contribution in [0.1, 0.15) is 26.2 Å². The van der Waals surface area contributed by atoms with Crippen LogP contribution in [0.5, 0.6) is 0 Å². The highest BCUT2D eigenvalue weighted by Gasteiger charge is 2.34. The number of carbonyl (C=O) groups excluding carboxylic acids is 1. The Labute approximate surface area is 115 Å². The largest absolute Gasteiger partial charge is 0.480 e. The lowest BCUT2D eigenvalue weighted by Gasteiger charge is -2.36. The number of nitrogens with one attached hydrogen (secondary N) is 1. The van der Waals surface area contributed by atoms with Gasteiger partial charge in [0.25, 0.3) is 0 Å². The van der Waals surface area contributed by atoms with E-state index in [-0.39, 0.29) is 12.5 Å². The molecule has 0 aliphatic carbocycles. The van der Waals surface area contributed by atoms with Gasteiger partial charge in [-0.3, -0.25) is 14.5 Å². The molecule has 5 nitrogen and oxygen atoms in total. The smallest absolute Gasteiger partial charge is 0.405 e. The molecule has 1 fully saturated rings. The second-order valence-electron chi connectivity index (χ2n) is 5.02. The van der Waals surface area contributed by atoms with Gasteiger partial charge in [-0.05, 0) is 25.3 Å². The topological polar surface area (TPSA) is 69.6 Å². The summed E-state index contributed by atoms with van der Waals surface area (Å²) in [5, 5.41) is 10.9. The minimum absolute atomic E-state index is 0.283. The first kappa shape index (κ1) is 16.7. The van der Waals surface area contributed by atoms with Crippen molar-refractivity contribution < 1.29 is 27.9 Å². The minimum atomic E-state index is -4.46. The maximum absolute atomic E-state index is 12.0. The van der Waals surface area contributed by atoms with Crippen molar-refractivity contribution in [3.05, 3.63) is 0 Å². The van der Waals surface area contributed by atoms with E-state index in [1.54, 1.807) is 5.32 Å². The first-order valence-electron chi connectivity index (χ1n) is 6.53. The van der Waals surface area contributed by atoms with Gasteiger partial charge in [0.2, 0.25) is 5.91 Å². The van der Waals surface area contributed by atoms with Crippen molar-refractivity contribution in [3.8, 4) is 0 Å². The number of nitrogens with zero attached hydrogens (tertiary/aromatic N) is 1. The number of hydrogen-bond donors (Lipinski definition) is 2. The van der Waals surface area contributed by atoms with Crippen LogP contribution in [-0.2, 0) is 9.59 Å². The zero-order valence-corrected chi connectivity index (χ0v) is 11.2. The van der Waals surface area contributed by atoms with E-state index >= 15 is 0 Å². The van der Waals surface area contributed by atoms with E-state index in [9.17, 15) is 22.8 Å². The van der Waals surface area contributed by atoms with Crippen LogP contribution in [0.25, 0.3) is 0 Å². The summed E-state index contributed by atoms with van der Waals surface area (Å²) in [5.74, 6) is -1.55. The second-order valence-corrected chi connectivity index (χ2v) is 5.02. The van der Waals surface area contributed by atoms with Gasteiger partial charge in [0.1, 0.15) is 12.6 Å². The second kappa shape index (κ2) is 6.92. The molecule has 1 rings (SSSR count). The average molecular weight is 296 g/mol. The molecular formula is C12H19F3N2O3. The average Bonchev–Trinajstić information content (AvgIpc) is 2.35. The van der Waals surface area contributed by atoms with Gasteiger partial charge < -0.3 is 10.4 Å². The number of piperidine rings is 1. The first-order chi connectivity index (χ1) is 9.23. The maximum Gasteiger partial charge on any atom is 0.405 e. The SMILES string of the molecule is CCC1CCN(CC(=O)NCC(F)(F)F)C(C(=O)O)C1. The van der Waals surface area contributed by atoms with Gasteiger partial charge in [0, 0.05) is 0 Å². The number of rotatable bonds is 5. The Hall–Kier alpha value is -1.31. The van der Waals surface area contributed by atoms with Gasteiger partial charge in [-0.25, -0.2) is 0 Å². The van der Waals surface area contributed by atoms with Crippen LogP contribution in [-0.4, -0.2) is 53.7 Å². The lowest BCUT2D eigenvalue weighted by Crippen LogP contribution is -2.51. The summed E-state index contributed by atoms with van der Waals surface area (Å²) in [6, 6.07) is -0.801. The van der Waals surface area contributed by atoms with E-state index in [1.807, 2.05) is 6.92 Å². The molecule has 2 N–H and O–H groups in total. The monoisotopic (exact) mass is 296 g/mol. The Kier molecular flexibility index (Phi) is 5.79. The molecule has 0 aromatic carbocycles. The normalized spacial score (nSPS) is 24.4. The molecule has 2 unspecified atom stereocenters. The molecular weight excluding hydrogens is 277 g/mol. The van der Waals surface area contributed by atoms with Crippen molar-refractivity contribution in [2.75, 3.05) is 19.6 Å². The van der Waals surface area contributed by atoms with Gasteiger partial charge in [-0.15, -0.1) is 0 Å². The molecule has 1 saturated heterocycles. The third kappa shape index (κ3) is 5.36. The van der Waals surface area contributed by atoms with Gasteiger partial charge in [-0.2, -0.15) is 13.2 Å². The molecule has 0 spiro atoms. The van der Waals surface area contributed by atoms with Crippen molar-refractivity contribution in [3.63, 3.8) is 0 Å². The van der Waals surface area contributed by atoms with Crippen LogP contribution in [0.3, 0.4) is 0 Å². The highest BCUT2D eigenvalue weighted by atomic mass is 19.4. The lowest BCUT2D eigenvalue weighted by atomic mass is 9.89. The zero-order valence-electron chi connectivity index (χ0n) is 11.2. The van der Waals surface area contributed by atoms with Crippen molar-refractivity contribution in [2.45, 2.75) is 38.4 Å². The molecule has 1 heterocycles. The molecule has 20 heavy (non-hydrogen) atoms. The summed E-state index contributed by atoms with van der Waals surface area (Å²) in [7, 11) is 0. The fourth-order valence-corrected chi connectivity index (χ4v) is 2.34. The van der Waals surface area contributed by atoms with Crippen molar-refractivity contribution in [1.29, 1.82) is 0 Å². The first-order valence-corrected chi connectivity index (χ1v) is 6.53. The minimum Gasteiger partial charge on any atom is -0.480 e. The number of carbonyl (C=O) groups is 2. The number of aliphatic carboxylic acids is 1. The zero-order chi connectivity index (χ0) is 15.3. The number of amides is 1. The van der Waals surface area contributed by atoms with Crippen LogP contribution in [0.4, 0.5) is 13.2 Å². The number of likely N-dealkylation sites (tertiary alicyclic amines) is 1. The number of carboxylic acid groups (broad SMARTS) is 1. The van der Waals surface area contributed by atoms with Crippen LogP contribution in [0, 0.1) is 5.92 Å². The summed E-state index contributed by atoms with van der Waals surface area (Å²) in [4.78, 5) is 24.0. The highest BCUT2D eigenvalue weighted by Crippen LogP contribution is 2.25. The molecule has 0 saturated carbocycles. The standard InChI is InChI=1S/C12H19F3N2O3/c1-2-8-3-4-17(9(5-8)11(19)20)6-10(18)16-7-12(13,14)15/h8-9H,2-7H2,1H3,(H,16,18)(H,19,20). The highest BCUT2D eigenvalue weighted by molar-refractivity contribution is 5.80. The predicted molar refractivity (Wildman–Crippen MR) is 65.1 cm³/mol. The number of halogens is 3. The summed E-state index contributed by atoms with van der Waals surface area (Å²) >= 11 is 0. The number of alkyl halides is 3. The van der Waals surface area contributed by atoms with E-state index in [1.165, 1.54) is 4.90 Å². The molecule has 0 aromatic rings. The quantitative estimate of drug-likeness (QED) is 0.801. The molecule has 1 aliphatic heterocycles. The molecule has 0 radical (unpaired) electrons. The molecule has 116 valence electrons. The Morgan fingerprint density at radius 1 is 1.40 bits per heavy atom. The number of hydrogen-bond acceptors (Lipinski definition) is 3. The fraction of sp³-hybridized carbons (Fsp3) is 0.833. The Bertz CT molecular complexity index is 360. The van der Waals surface area contributed by atoms with Crippen molar-refractivity contribution in [1.82, 2.24) is 10.2 Å². The molecule has 0 aromatic heterocycles. The summed E-state index contributed by atoms with van der Waals surface area (Å²) in [5.41, 5.74) is 0. The molecule has 8 heteroatoms. The van der Waals surface area contributed by atoms with Gasteiger partial charge in [0.05, 0.1) is 6.54 Å². The van der Waals surface area contributed by atoms with E-state index in [0.717, 1.165) is 12.8 Å². The van der Waals surface area contributed by atoms with Crippen LogP contribution >= 0.6 is 0 Å². The maximum atomic E-state index is 12.0. The third-order valence-electron chi connectivity index (χ3n) is 3.52.